The first kappa shape index (κ1) is 21.2. The van der Waals surface area contributed by atoms with Crippen molar-refractivity contribution < 1.29 is 9.59 Å². The van der Waals surface area contributed by atoms with Gasteiger partial charge in [-0.1, -0.05) is 34.6 Å². The monoisotopic (exact) mass is 286 g/mol. The number of hydrogen-bond acceptors (Lipinski definition) is 2. The molecule has 20 heavy (non-hydrogen) atoms. The largest absolute Gasteiger partial charge is 0.341 e. The first-order valence-corrected chi connectivity index (χ1v) is 8.16. The lowest BCUT2D eigenvalue weighted by atomic mass is 10.2. The first-order chi connectivity index (χ1) is 9.60. The molecule has 0 atom stereocenters. The van der Waals surface area contributed by atoms with Crippen LogP contribution in [-0.2, 0) is 9.59 Å². The number of hydrogen-bond donors (Lipinski definition) is 0. The Hall–Kier alpha value is -1.06. The summed E-state index contributed by atoms with van der Waals surface area (Å²) < 4.78 is 0. The lowest BCUT2D eigenvalue weighted by Crippen LogP contribution is -2.43. The number of carbonyl (C=O) groups excluding carboxylic acids is 2. The standard InChI is InChI=1S/C14H28N2O2.C2H6/c1-5-9-13(17)16(11-7-3)12-14(18)15(8-4)10-6-2;1-2/h5-12H2,1-4H3;1-2H3. The predicted octanol–water partition coefficient (Wildman–Crippen LogP) is 3.31. The normalized spacial score (nSPS) is 9.50. The van der Waals surface area contributed by atoms with E-state index in [0.717, 1.165) is 25.8 Å². The topological polar surface area (TPSA) is 40.6 Å². The summed E-state index contributed by atoms with van der Waals surface area (Å²) in [5.41, 5.74) is 0. The van der Waals surface area contributed by atoms with Crippen LogP contribution in [0, 0.1) is 0 Å². The van der Waals surface area contributed by atoms with Gasteiger partial charge < -0.3 is 9.80 Å². The molecule has 0 aliphatic carbocycles. The highest BCUT2D eigenvalue weighted by atomic mass is 16.2. The predicted molar refractivity (Wildman–Crippen MR) is 85.7 cm³/mol. The van der Waals surface area contributed by atoms with E-state index in [-0.39, 0.29) is 18.4 Å². The summed E-state index contributed by atoms with van der Waals surface area (Å²) >= 11 is 0. The van der Waals surface area contributed by atoms with Crippen LogP contribution < -0.4 is 0 Å². The summed E-state index contributed by atoms with van der Waals surface area (Å²) in [5, 5.41) is 0. The number of likely N-dealkylation sites (N-methyl/N-ethyl adjacent to an activating group) is 1. The third-order valence-corrected chi connectivity index (χ3v) is 2.86. The smallest absolute Gasteiger partial charge is 0.242 e. The van der Waals surface area contributed by atoms with E-state index in [0.29, 0.717) is 19.5 Å². The van der Waals surface area contributed by atoms with Crippen LogP contribution in [0.5, 0.6) is 0 Å². The molecule has 0 saturated carbocycles. The van der Waals surface area contributed by atoms with Crippen LogP contribution in [0.1, 0.15) is 67.2 Å². The zero-order valence-corrected chi connectivity index (χ0v) is 14.4. The SMILES string of the molecule is CC.CCCC(=O)N(CCC)CC(=O)N(CC)CCC. The van der Waals surface area contributed by atoms with Crippen LogP contribution in [0.15, 0.2) is 0 Å². The Bertz CT molecular complexity index is 255. The molecule has 0 rings (SSSR count). The minimum Gasteiger partial charge on any atom is -0.341 e. The molecule has 0 fully saturated rings. The van der Waals surface area contributed by atoms with Crippen molar-refractivity contribution in [2.45, 2.75) is 67.2 Å². The zero-order chi connectivity index (χ0) is 16.0. The molecule has 0 aromatic heterocycles. The van der Waals surface area contributed by atoms with Gasteiger partial charge in [0.15, 0.2) is 0 Å². The van der Waals surface area contributed by atoms with E-state index in [1.54, 1.807) is 4.90 Å². The fraction of sp³-hybridized carbons (Fsp3) is 0.875. The van der Waals surface area contributed by atoms with Crippen LogP contribution in [-0.4, -0.2) is 47.8 Å². The molecule has 0 bridgehead atoms. The van der Waals surface area contributed by atoms with Crippen LogP contribution in [0.4, 0.5) is 0 Å². The van der Waals surface area contributed by atoms with E-state index in [1.807, 2.05) is 39.5 Å². The van der Waals surface area contributed by atoms with Crippen LogP contribution in [0.3, 0.4) is 0 Å². The van der Waals surface area contributed by atoms with Gasteiger partial charge in [0.1, 0.15) is 0 Å². The minimum atomic E-state index is 0.0669. The van der Waals surface area contributed by atoms with Crippen molar-refractivity contribution >= 4 is 11.8 Å². The summed E-state index contributed by atoms with van der Waals surface area (Å²) in [5.74, 6) is 0.164. The molecule has 0 spiro atoms. The van der Waals surface area contributed by atoms with E-state index in [1.165, 1.54) is 0 Å². The molecule has 0 unspecified atom stereocenters. The molecule has 120 valence electrons. The Morgan fingerprint density at radius 1 is 0.750 bits per heavy atom. The molecule has 0 heterocycles. The zero-order valence-electron chi connectivity index (χ0n) is 14.4. The molecule has 4 nitrogen and oxygen atoms in total. The highest BCUT2D eigenvalue weighted by Crippen LogP contribution is 2.02. The maximum atomic E-state index is 12.1. The quantitative estimate of drug-likeness (QED) is 0.652. The Kier molecular flexibility index (Phi) is 15.2. The highest BCUT2D eigenvalue weighted by Gasteiger charge is 2.18. The molecule has 0 radical (unpaired) electrons. The Morgan fingerprint density at radius 2 is 1.25 bits per heavy atom. The van der Waals surface area contributed by atoms with Crippen molar-refractivity contribution in [1.82, 2.24) is 9.80 Å². The second-order valence-corrected chi connectivity index (χ2v) is 4.54. The van der Waals surface area contributed by atoms with Gasteiger partial charge in [0.2, 0.25) is 11.8 Å². The highest BCUT2D eigenvalue weighted by molar-refractivity contribution is 5.84. The van der Waals surface area contributed by atoms with Gasteiger partial charge >= 0.3 is 0 Å². The summed E-state index contributed by atoms with van der Waals surface area (Å²) in [7, 11) is 0. The lowest BCUT2D eigenvalue weighted by molar-refractivity contribution is -0.140. The van der Waals surface area contributed by atoms with E-state index >= 15 is 0 Å². The van der Waals surface area contributed by atoms with Gasteiger partial charge in [0.25, 0.3) is 0 Å². The lowest BCUT2D eigenvalue weighted by Gasteiger charge is -2.26. The number of rotatable bonds is 9. The molecule has 2 amide bonds. The number of nitrogens with zero attached hydrogens (tertiary/aromatic N) is 2. The molecule has 4 heteroatoms. The molecule has 0 aliphatic heterocycles. The van der Waals surface area contributed by atoms with Crippen molar-refractivity contribution in [1.29, 1.82) is 0 Å². The molecule has 0 aromatic carbocycles. The van der Waals surface area contributed by atoms with Gasteiger partial charge in [-0.25, -0.2) is 0 Å². The summed E-state index contributed by atoms with van der Waals surface area (Å²) in [4.78, 5) is 27.5. The van der Waals surface area contributed by atoms with Crippen molar-refractivity contribution in [3.63, 3.8) is 0 Å². The van der Waals surface area contributed by atoms with Crippen molar-refractivity contribution in [2.24, 2.45) is 0 Å². The van der Waals surface area contributed by atoms with Gasteiger partial charge in [0.05, 0.1) is 6.54 Å². The average Bonchev–Trinajstić information content (AvgIpc) is 2.46. The van der Waals surface area contributed by atoms with Gasteiger partial charge in [-0.3, -0.25) is 9.59 Å². The third kappa shape index (κ3) is 8.94. The second-order valence-electron chi connectivity index (χ2n) is 4.54. The Labute approximate surface area is 125 Å². The summed E-state index contributed by atoms with van der Waals surface area (Å²) in [6.45, 7) is 14.5. The maximum absolute atomic E-state index is 12.1. The maximum Gasteiger partial charge on any atom is 0.242 e. The minimum absolute atomic E-state index is 0.0669. The fourth-order valence-electron chi connectivity index (χ4n) is 1.93. The van der Waals surface area contributed by atoms with E-state index < -0.39 is 0 Å². The average molecular weight is 286 g/mol. The molecule has 0 N–H and O–H groups in total. The van der Waals surface area contributed by atoms with Crippen LogP contribution in [0.2, 0.25) is 0 Å². The number of amides is 2. The molecule has 0 aliphatic rings. The van der Waals surface area contributed by atoms with Crippen LogP contribution in [0.25, 0.3) is 0 Å². The van der Waals surface area contributed by atoms with E-state index in [2.05, 4.69) is 6.92 Å². The van der Waals surface area contributed by atoms with Gasteiger partial charge in [-0.05, 0) is 26.2 Å². The fourth-order valence-corrected chi connectivity index (χ4v) is 1.93. The van der Waals surface area contributed by atoms with Crippen molar-refractivity contribution in [3.05, 3.63) is 0 Å². The second kappa shape index (κ2) is 14.4. The Balaban J connectivity index is 0. The van der Waals surface area contributed by atoms with E-state index in [9.17, 15) is 9.59 Å². The molecular formula is C16H34N2O2. The summed E-state index contributed by atoms with van der Waals surface area (Å²) in [6.07, 6.45) is 3.21. The van der Waals surface area contributed by atoms with Gasteiger partial charge in [0, 0.05) is 26.1 Å². The Morgan fingerprint density at radius 3 is 1.65 bits per heavy atom. The van der Waals surface area contributed by atoms with Gasteiger partial charge in [-0.15, -0.1) is 0 Å². The van der Waals surface area contributed by atoms with Gasteiger partial charge in [-0.2, -0.15) is 0 Å². The van der Waals surface area contributed by atoms with Crippen molar-refractivity contribution in [2.75, 3.05) is 26.2 Å². The first-order valence-electron chi connectivity index (χ1n) is 8.16. The number of carbonyl (C=O) groups is 2. The third-order valence-electron chi connectivity index (χ3n) is 2.86. The van der Waals surface area contributed by atoms with E-state index in [4.69, 9.17) is 0 Å². The molecular weight excluding hydrogens is 252 g/mol. The molecule has 0 aromatic rings. The molecule has 0 saturated heterocycles. The van der Waals surface area contributed by atoms with Crippen molar-refractivity contribution in [3.8, 4) is 0 Å². The summed E-state index contributed by atoms with van der Waals surface area (Å²) in [6, 6.07) is 0. The van der Waals surface area contributed by atoms with Crippen LogP contribution >= 0.6 is 0 Å².